The Labute approximate surface area is 118 Å². The van der Waals surface area contributed by atoms with E-state index in [4.69, 9.17) is 0 Å². The first kappa shape index (κ1) is 12.9. The number of pyridine rings is 1. The first-order valence-corrected chi connectivity index (χ1v) is 6.88. The van der Waals surface area contributed by atoms with Gasteiger partial charge in [0.25, 0.3) is 0 Å². The molecule has 0 amide bonds. The van der Waals surface area contributed by atoms with Crippen LogP contribution in [0.4, 0.5) is 0 Å². The lowest BCUT2D eigenvalue weighted by Crippen LogP contribution is -2.09. The molecule has 0 atom stereocenters. The fourth-order valence-electron chi connectivity index (χ4n) is 2.28. The van der Waals surface area contributed by atoms with Crippen LogP contribution in [0.25, 0.3) is 21.9 Å². The Morgan fingerprint density at radius 3 is 2.70 bits per heavy atom. The van der Waals surface area contributed by atoms with Gasteiger partial charge in [0, 0.05) is 17.0 Å². The maximum atomic E-state index is 4.64. The number of nitrogens with one attached hydrogen (secondary N) is 1. The quantitative estimate of drug-likeness (QED) is 0.740. The Morgan fingerprint density at radius 2 is 1.95 bits per heavy atom. The molecule has 0 aliphatic heterocycles. The average molecular weight is 266 g/mol. The molecule has 0 bridgehead atoms. The molecule has 2 heterocycles. The van der Waals surface area contributed by atoms with E-state index >= 15 is 0 Å². The van der Waals surface area contributed by atoms with Gasteiger partial charge in [0.15, 0.2) is 5.65 Å². The molecule has 4 nitrogen and oxygen atoms in total. The van der Waals surface area contributed by atoms with Crippen LogP contribution in [0.5, 0.6) is 0 Å². The molecule has 4 heteroatoms. The summed E-state index contributed by atoms with van der Waals surface area (Å²) in [5, 5.41) is 5.18. The van der Waals surface area contributed by atoms with Crippen LogP contribution in [-0.4, -0.2) is 22.0 Å². The van der Waals surface area contributed by atoms with E-state index in [1.807, 2.05) is 13.2 Å². The SMILES string of the molecule is CNCc1ncc2cc3cc(C(C)C)ccc3nc2n1. The van der Waals surface area contributed by atoms with E-state index in [2.05, 4.69) is 58.4 Å². The van der Waals surface area contributed by atoms with E-state index < -0.39 is 0 Å². The fourth-order valence-corrected chi connectivity index (χ4v) is 2.28. The van der Waals surface area contributed by atoms with E-state index in [1.54, 1.807) is 0 Å². The van der Waals surface area contributed by atoms with Crippen molar-refractivity contribution in [3.63, 3.8) is 0 Å². The summed E-state index contributed by atoms with van der Waals surface area (Å²) >= 11 is 0. The molecule has 3 aromatic rings. The number of benzene rings is 1. The average Bonchev–Trinajstić information content (AvgIpc) is 2.44. The highest BCUT2D eigenvalue weighted by atomic mass is 15.0. The lowest BCUT2D eigenvalue weighted by molar-refractivity contribution is 0.763. The Hall–Kier alpha value is -2.07. The van der Waals surface area contributed by atoms with Crippen LogP contribution >= 0.6 is 0 Å². The Bertz CT molecular complexity index is 765. The van der Waals surface area contributed by atoms with Gasteiger partial charge in [-0.05, 0) is 36.7 Å². The van der Waals surface area contributed by atoms with Gasteiger partial charge in [0.2, 0.25) is 0 Å². The topological polar surface area (TPSA) is 50.7 Å². The second kappa shape index (κ2) is 5.13. The second-order valence-corrected chi connectivity index (χ2v) is 5.32. The monoisotopic (exact) mass is 266 g/mol. The van der Waals surface area contributed by atoms with Crippen molar-refractivity contribution in [3.8, 4) is 0 Å². The smallest absolute Gasteiger partial charge is 0.163 e. The fraction of sp³-hybridized carbons (Fsp3) is 0.312. The zero-order valence-corrected chi connectivity index (χ0v) is 12.0. The summed E-state index contributed by atoms with van der Waals surface area (Å²) in [6.07, 6.45) is 1.85. The van der Waals surface area contributed by atoms with Crippen LogP contribution in [0.2, 0.25) is 0 Å². The highest BCUT2D eigenvalue weighted by Gasteiger charge is 2.06. The molecule has 2 aromatic heterocycles. The molecule has 0 saturated heterocycles. The minimum atomic E-state index is 0.518. The van der Waals surface area contributed by atoms with Crippen molar-refractivity contribution >= 4 is 21.9 Å². The Balaban J connectivity index is 2.17. The lowest BCUT2D eigenvalue weighted by Gasteiger charge is -2.07. The van der Waals surface area contributed by atoms with Gasteiger partial charge in [-0.2, -0.15) is 0 Å². The molecule has 0 saturated carbocycles. The summed E-state index contributed by atoms with van der Waals surface area (Å²) in [6, 6.07) is 8.53. The number of hydrogen-bond acceptors (Lipinski definition) is 4. The molecule has 0 radical (unpaired) electrons. The molecule has 0 aliphatic rings. The van der Waals surface area contributed by atoms with Gasteiger partial charge >= 0.3 is 0 Å². The molecule has 1 N–H and O–H groups in total. The van der Waals surface area contributed by atoms with Crippen molar-refractivity contribution in [1.29, 1.82) is 0 Å². The zero-order valence-electron chi connectivity index (χ0n) is 12.0. The predicted molar refractivity (Wildman–Crippen MR) is 81.7 cm³/mol. The maximum absolute atomic E-state index is 4.64. The first-order valence-electron chi connectivity index (χ1n) is 6.88. The summed E-state index contributed by atoms with van der Waals surface area (Å²) in [7, 11) is 1.88. The maximum Gasteiger partial charge on any atom is 0.163 e. The third-order valence-electron chi connectivity index (χ3n) is 3.44. The highest BCUT2D eigenvalue weighted by Crippen LogP contribution is 2.23. The predicted octanol–water partition coefficient (Wildman–Crippen LogP) is 3.02. The second-order valence-electron chi connectivity index (χ2n) is 5.32. The number of hydrogen-bond donors (Lipinski definition) is 1. The molecule has 20 heavy (non-hydrogen) atoms. The van der Waals surface area contributed by atoms with E-state index in [0.717, 1.165) is 27.8 Å². The molecule has 3 rings (SSSR count). The normalized spacial score (nSPS) is 11.6. The van der Waals surface area contributed by atoms with Gasteiger partial charge in [-0.25, -0.2) is 15.0 Å². The van der Waals surface area contributed by atoms with E-state index in [-0.39, 0.29) is 0 Å². The Kier molecular flexibility index (Phi) is 3.32. The summed E-state index contributed by atoms with van der Waals surface area (Å²) < 4.78 is 0. The molecule has 1 aromatic carbocycles. The summed E-state index contributed by atoms with van der Waals surface area (Å²) in [6.45, 7) is 5.05. The van der Waals surface area contributed by atoms with Crippen molar-refractivity contribution in [2.75, 3.05) is 7.05 Å². The molecule has 0 aliphatic carbocycles. The van der Waals surface area contributed by atoms with Gasteiger partial charge in [-0.3, -0.25) is 0 Å². The number of fused-ring (bicyclic) bond motifs is 2. The summed E-state index contributed by atoms with van der Waals surface area (Å²) in [4.78, 5) is 13.5. The number of aromatic nitrogens is 3. The number of rotatable bonds is 3. The molecule has 0 unspecified atom stereocenters. The van der Waals surface area contributed by atoms with Crippen molar-refractivity contribution in [1.82, 2.24) is 20.3 Å². The molecule has 0 spiro atoms. The van der Waals surface area contributed by atoms with Crippen molar-refractivity contribution in [2.24, 2.45) is 0 Å². The lowest BCUT2D eigenvalue weighted by atomic mass is 10.0. The molecular weight excluding hydrogens is 248 g/mol. The van der Waals surface area contributed by atoms with Crippen LogP contribution in [0, 0.1) is 0 Å². The standard InChI is InChI=1S/C16H18N4/c1-10(2)11-4-5-14-12(6-11)7-13-8-18-15(9-17-3)20-16(13)19-14/h4-8,10,17H,9H2,1-3H3. The van der Waals surface area contributed by atoms with Crippen molar-refractivity contribution in [2.45, 2.75) is 26.3 Å². The molecule has 102 valence electrons. The minimum Gasteiger partial charge on any atom is -0.313 e. The molecule has 0 fully saturated rings. The zero-order chi connectivity index (χ0) is 14.1. The molecular formula is C16H18N4. The van der Waals surface area contributed by atoms with Crippen LogP contribution in [0.15, 0.2) is 30.5 Å². The van der Waals surface area contributed by atoms with Crippen LogP contribution in [0.1, 0.15) is 31.2 Å². The van der Waals surface area contributed by atoms with Gasteiger partial charge in [-0.1, -0.05) is 19.9 Å². The third kappa shape index (κ3) is 2.34. The summed E-state index contributed by atoms with van der Waals surface area (Å²) in [5.74, 6) is 1.29. The van der Waals surface area contributed by atoms with E-state index in [0.29, 0.717) is 12.5 Å². The van der Waals surface area contributed by atoms with Gasteiger partial charge < -0.3 is 5.32 Å². The van der Waals surface area contributed by atoms with Gasteiger partial charge in [0.1, 0.15) is 5.82 Å². The van der Waals surface area contributed by atoms with E-state index in [9.17, 15) is 0 Å². The third-order valence-corrected chi connectivity index (χ3v) is 3.44. The van der Waals surface area contributed by atoms with Crippen LogP contribution in [-0.2, 0) is 6.54 Å². The highest BCUT2D eigenvalue weighted by molar-refractivity contribution is 5.90. The van der Waals surface area contributed by atoms with E-state index in [1.165, 1.54) is 5.56 Å². The van der Waals surface area contributed by atoms with Gasteiger partial charge in [-0.15, -0.1) is 0 Å². The largest absolute Gasteiger partial charge is 0.313 e. The minimum absolute atomic E-state index is 0.518. The van der Waals surface area contributed by atoms with Crippen molar-refractivity contribution in [3.05, 3.63) is 41.9 Å². The number of nitrogens with zero attached hydrogens (tertiary/aromatic N) is 3. The van der Waals surface area contributed by atoms with Crippen LogP contribution < -0.4 is 5.32 Å². The first-order chi connectivity index (χ1) is 9.67. The van der Waals surface area contributed by atoms with Crippen molar-refractivity contribution < 1.29 is 0 Å². The van der Waals surface area contributed by atoms with Crippen LogP contribution in [0.3, 0.4) is 0 Å². The summed E-state index contributed by atoms with van der Waals surface area (Å²) in [5.41, 5.74) is 3.07. The Morgan fingerprint density at radius 1 is 1.10 bits per heavy atom. The van der Waals surface area contributed by atoms with Gasteiger partial charge in [0.05, 0.1) is 12.1 Å².